The maximum atomic E-state index is 12.9. The number of carbonyl (C=O) groups is 2. The molecular formula is C26H25N5O3. The highest BCUT2D eigenvalue weighted by molar-refractivity contribution is 5.95. The number of hydrogen-bond acceptors (Lipinski definition) is 4. The lowest BCUT2D eigenvalue weighted by atomic mass is 10.0. The summed E-state index contributed by atoms with van der Waals surface area (Å²) in [6.45, 7) is 2.39. The van der Waals surface area contributed by atoms with Gasteiger partial charge in [0.25, 0.3) is 5.91 Å². The van der Waals surface area contributed by atoms with Crippen molar-refractivity contribution in [1.82, 2.24) is 19.6 Å². The van der Waals surface area contributed by atoms with Crippen molar-refractivity contribution < 1.29 is 14.3 Å². The standard InChI is InChI=1S/C26H25N5O3/c1-27-26(33)29-22-7-3-5-20(15-22)23-17-28-24-16-19(8-9-31(23)24)18-4-2-6-21(14-18)25(32)30-10-12-34-13-11-30/h2-9,14-17H,10-13H2,1H3,(H2,27,29,33). The Labute approximate surface area is 197 Å². The van der Waals surface area contributed by atoms with Crippen molar-refractivity contribution in [3.63, 3.8) is 0 Å². The molecule has 2 aromatic heterocycles. The first kappa shape index (κ1) is 21.7. The summed E-state index contributed by atoms with van der Waals surface area (Å²) in [5, 5.41) is 5.34. The minimum Gasteiger partial charge on any atom is -0.378 e. The average Bonchev–Trinajstić information content (AvgIpc) is 3.32. The molecule has 3 amide bonds. The minimum absolute atomic E-state index is 0.0274. The summed E-state index contributed by atoms with van der Waals surface area (Å²) in [5.74, 6) is 0.0274. The first-order valence-corrected chi connectivity index (χ1v) is 11.2. The number of rotatable bonds is 4. The Morgan fingerprint density at radius 1 is 0.941 bits per heavy atom. The SMILES string of the molecule is CNC(=O)Nc1cccc(-c2cnc3cc(-c4cccc(C(=O)N5CCOCC5)c4)ccn23)c1. The van der Waals surface area contributed by atoms with Gasteiger partial charge < -0.3 is 20.3 Å². The fourth-order valence-electron chi connectivity index (χ4n) is 4.10. The number of amides is 3. The van der Waals surface area contributed by atoms with Crippen molar-refractivity contribution >= 4 is 23.3 Å². The summed E-state index contributed by atoms with van der Waals surface area (Å²) in [7, 11) is 1.58. The molecule has 8 heteroatoms. The molecule has 0 bridgehead atoms. The molecule has 1 aliphatic rings. The largest absolute Gasteiger partial charge is 0.378 e. The van der Waals surface area contributed by atoms with Crippen LogP contribution in [0.3, 0.4) is 0 Å². The third-order valence-corrected chi connectivity index (χ3v) is 5.90. The summed E-state index contributed by atoms with van der Waals surface area (Å²) in [6, 6.07) is 19.1. The number of pyridine rings is 1. The van der Waals surface area contributed by atoms with Crippen LogP contribution >= 0.6 is 0 Å². The highest BCUT2D eigenvalue weighted by atomic mass is 16.5. The van der Waals surface area contributed by atoms with E-state index < -0.39 is 0 Å². The zero-order valence-electron chi connectivity index (χ0n) is 18.8. The normalized spacial score (nSPS) is 13.6. The van der Waals surface area contributed by atoms with E-state index in [9.17, 15) is 9.59 Å². The fraction of sp³-hybridized carbons (Fsp3) is 0.192. The molecule has 2 aromatic carbocycles. The molecule has 3 heterocycles. The molecule has 0 radical (unpaired) electrons. The van der Waals surface area contributed by atoms with E-state index in [1.54, 1.807) is 7.05 Å². The smallest absolute Gasteiger partial charge is 0.318 e. The van der Waals surface area contributed by atoms with E-state index in [1.165, 1.54) is 0 Å². The predicted octanol–water partition coefficient (Wildman–Crippen LogP) is 3.89. The Hall–Kier alpha value is -4.17. The van der Waals surface area contributed by atoms with Crippen LogP contribution in [0.15, 0.2) is 73.1 Å². The second-order valence-electron chi connectivity index (χ2n) is 8.06. The van der Waals surface area contributed by atoms with E-state index in [0.29, 0.717) is 37.6 Å². The van der Waals surface area contributed by atoms with Gasteiger partial charge >= 0.3 is 6.03 Å². The van der Waals surface area contributed by atoms with Gasteiger partial charge in [0, 0.05) is 43.1 Å². The van der Waals surface area contributed by atoms with Crippen molar-refractivity contribution in [1.29, 1.82) is 0 Å². The molecule has 4 aromatic rings. The van der Waals surface area contributed by atoms with Crippen LogP contribution in [-0.2, 0) is 4.74 Å². The van der Waals surface area contributed by atoms with Crippen LogP contribution in [0.5, 0.6) is 0 Å². The molecule has 0 spiro atoms. The van der Waals surface area contributed by atoms with Crippen LogP contribution in [0.2, 0.25) is 0 Å². The van der Waals surface area contributed by atoms with Gasteiger partial charge in [-0.05, 0) is 47.5 Å². The molecule has 8 nitrogen and oxygen atoms in total. The maximum absolute atomic E-state index is 12.9. The molecule has 0 aliphatic carbocycles. The third kappa shape index (κ3) is 4.35. The van der Waals surface area contributed by atoms with Gasteiger partial charge in [0.05, 0.1) is 25.1 Å². The molecule has 0 saturated carbocycles. The average molecular weight is 456 g/mol. The van der Waals surface area contributed by atoms with Gasteiger partial charge in [0.2, 0.25) is 0 Å². The van der Waals surface area contributed by atoms with Gasteiger partial charge in [-0.3, -0.25) is 9.20 Å². The van der Waals surface area contributed by atoms with Gasteiger partial charge in [-0.2, -0.15) is 0 Å². The predicted molar refractivity (Wildman–Crippen MR) is 131 cm³/mol. The first-order valence-electron chi connectivity index (χ1n) is 11.2. The van der Waals surface area contributed by atoms with Crippen molar-refractivity contribution in [2.75, 3.05) is 38.7 Å². The number of fused-ring (bicyclic) bond motifs is 1. The summed E-state index contributed by atoms with van der Waals surface area (Å²) in [6.07, 6.45) is 3.79. The molecule has 1 saturated heterocycles. The number of anilines is 1. The van der Waals surface area contributed by atoms with Gasteiger partial charge in [-0.15, -0.1) is 0 Å². The Kier molecular flexibility index (Phi) is 5.97. The zero-order chi connectivity index (χ0) is 23.5. The van der Waals surface area contributed by atoms with E-state index in [2.05, 4.69) is 15.6 Å². The number of urea groups is 1. The number of nitrogens with one attached hydrogen (secondary N) is 2. The molecule has 172 valence electrons. The molecular weight excluding hydrogens is 430 g/mol. The summed E-state index contributed by atoms with van der Waals surface area (Å²) >= 11 is 0. The quantitative estimate of drug-likeness (QED) is 0.489. The third-order valence-electron chi connectivity index (χ3n) is 5.90. The second-order valence-corrected chi connectivity index (χ2v) is 8.06. The lowest BCUT2D eigenvalue weighted by Crippen LogP contribution is -2.40. The van der Waals surface area contributed by atoms with Crippen LogP contribution in [-0.4, -0.2) is 59.6 Å². The Balaban J connectivity index is 1.43. The number of hydrogen-bond donors (Lipinski definition) is 2. The molecule has 34 heavy (non-hydrogen) atoms. The number of carbonyl (C=O) groups excluding carboxylic acids is 2. The van der Waals surface area contributed by atoms with Gasteiger partial charge in [0.1, 0.15) is 5.65 Å². The number of imidazole rings is 1. The Morgan fingerprint density at radius 2 is 1.71 bits per heavy atom. The molecule has 1 fully saturated rings. The Bertz CT molecular complexity index is 1360. The van der Waals surface area contributed by atoms with Crippen LogP contribution < -0.4 is 10.6 Å². The van der Waals surface area contributed by atoms with Crippen molar-refractivity contribution in [3.8, 4) is 22.4 Å². The van der Waals surface area contributed by atoms with Crippen molar-refractivity contribution in [2.45, 2.75) is 0 Å². The van der Waals surface area contributed by atoms with Gasteiger partial charge in [0.15, 0.2) is 0 Å². The van der Waals surface area contributed by atoms with Crippen LogP contribution in [0.1, 0.15) is 10.4 Å². The Morgan fingerprint density at radius 3 is 2.53 bits per heavy atom. The molecule has 2 N–H and O–H groups in total. The topological polar surface area (TPSA) is 88.0 Å². The van der Waals surface area contributed by atoms with Crippen molar-refractivity contribution in [2.24, 2.45) is 0 Å². The summed E-state index contributed by atoms with van der Waals surface area (Å²) < 4.78 is 7.36. The van der Waals surface area contributed by atoms with Gasteiger partial charge in [-0.1, -0.05) is 24.3 Å². The highest BCUT2D eigenvalue weighted by Gasteiger charge is 2.19. The van der Waals surface area contributed by atoms with Gasteiger partial charge in [-0.25, -0.2) is 9.78 Å². The highest BCUT2D eigenvalue weighted by Crippen LogP contribution is 2.27. The van der Waals surface area contributed by atoms with E-state index >= 15 is 0 Å². The van der Waals surface area contributed by atoms with E-state index in [0.717, 1.165) is 28.0 Å². The number of benzene rings is 2. The maximum Gasteiger partial charge on any atom is 0.318 e. The molecule has 1 aliphatic heterocycles. The van der Waals surface area contributed by atoms with Crippen LogP contribution in [0.25, 0.3) is 28.0 Å². The number of morpholine rings is 1. The van der Waals surface area contributed by atoms with Crippen LogP contribution in [0.4, 0.5) is 10.5 Å². The van der Waals surface area contributed by atoms with Crippen molar-refractivity contribution in [3.05, 3.63) is 78.6 Å². The number of ether oxygens (including phenoxy) is 1. The molecule has 0 atom stereocenters. The second kappa shape index (κ2) is 9.36. The number of aromatic nitrogens is 2. The van der Waals surface area contributed by atoms with E-state index in [1.807, 2.05) is 82.4 Å². The van der Waals surface area contributed by atoms with Crippen LogP contribution in [0, 0.1) is 0 Å². The summed E-state index contributed by atoms with van der Waals surface area (Å²) in [4.78, 5) is 31.0. The van der Waals surface area contributed by atoms with E-state index in [-0.39, 0.29) is 11.9 Å². The minimum atomic E-state index is -0.269. The first-order chi connectivity index (χ1) is 16.6. The zero-order valence-corrected chi connectivity index (χ0v) is 18.8. The molecule has 5 rings (SSSR count). The monoisotopic (exact) mass is 455 g/mol. The summed E-state index contributed by atoms with van der Waals surface area (Å²) in [5.41, 5.74) is 5.96. The molecule has 0 unspecified atom stereocenters. The number of nitrogens with zero attached hydrogens (tertiary/aromatic N) is 3. The van der Waals surface area contributed by atoms with E-state index in [4.69, 9.17) is 4.74 Å². The lowest BCUT2D eigenvalue weighted by molar-refractivity contribution is 0.0303. The lowest BCUT2D eigenvalue weighted by Gasteiger charge is -2.27. The fourth-order valence-corrected chi connectivity index (χ4v) is 4.10.